The zero-order valence-corrected chi connectivity index (χ0v) is 15.8. The number of hydrogen-bond donors (Lipinski definition) is 2. The van der Waals surface area contributed by atoms with Gasteiger partial charge in [0.1, 0.15) is 12.4 Å². The van der Waals surface area contributed by atoms with Crippen LogP contribution < -0.4 is 0 Å². The van der Waals surface area contributed by atoms with Crippen molar-refractivity contribution in [1.82, 2.24) is 0 Å². The number of carbonyl (C=O) groups is 3. The Kier molecular flexibility index (Phi) is 12.4. The third-order valence-corrected chi connectivity index (χ3v) is 2.99. The second-order valence-corrected chi connectivity index (χ2v) is 5.38. The van der Waals surface area contributed by atoms with Crippen LogP contribution in [0, 0.1) is 0 Å². The standard InChI is InChI=1S/C18H26O9/c1-12(2)17(22)27-18(23)14(4)15(11-13(3)16(20)21)26-10-9-25-8-7-24-6-5-19/h11,19H,1,5-10H2,2-4H3,(H,20,21). The molecule has 9 heteroatoms. The molecule has 0 rings (SSSR count). The van der Waals surface area contributed by atoms with Gasteiger partial charge in [-0.15, -0.1) is 0 Å². The molecule has 0 aliphatic carbocycles. The minimum Gasteiger partial charge on any atom is -0.491 e. The van der Waals surface area contributed by atoms with Gasteiger partial charge in [-0.25, -0.2) is 14.4 Å². The van der Waals surface area contributed by atoms with Crippen LogP contribution in [0.3, 0.4) is 0 Å². The van der Waals surface area contributed by atoms with E-state index in [1.807, 2.05) is 0 Å². The van der Waals surface area contributed by atoms with E-state index in [-0.39, 0.29) is 55.5 Å². The summed E-state index contributed by atoms with van der Waals surface area (Å²) >= 11 is 0. The first kappa shape index (κ1) is 24.5. The number of aliphatic hydroxyl groups is 1. The van der Waals surface area contributed by atoms with Crippen LogP contribution in [0.25, 0.3) is 0 Å². The third-order valence-electron chi connectivity index (χ3n) is 2.99. The molecule has 0 aliphatic rings. The molecule has 0 atom stereocenters. The molecule has 0 spiro atoms. The molecule has 2 N–H and O–H groups in total. The van der Waals surface area contributed by atoms with Crippen molar-refractivity contribution in [2.45, 2.75) is 20.8 Å². The number of allylic oxidation sites excluding steroid dienone is 1. The molecule has 0 radical (unpaired) electrons. The van der Waals surface area contributed by atoms with Crippen LogP contribution in [0.15, 0.2) is 35.1 Å². The van der Waals surface area contributed by atoms with Crippen molar-refractivity contribution in [2.75, 3.05) is 39.6 Å². The van der Waals surface area contributed by atoms with E-state index in [2.05, 4.69) is 11.3 Å². The molecule has 152 valence electrons. The predicted molar refractivity (Wildman–Crippen MR) is 94.7 cm³/mol. The molecule has 0 bridgehead atoms. The Morgan fingerprint density at radius 2 is 1.48 bits per heavy atom. The minimum absolute atomic E-state index is 0.0256. The average Bonchev–Trinajstić information content (AvgIpc) is 2.61. The van der Waals surface area contributed by atoms with Gasteiger partial charge in [0.05, 0.1) is 38.6 Å². The number of carboxylic acids is 1. The number of ether oxygens (including phenoxy) is 4. The predicted octanol–water partition coefficient (Wildman–Crippen LogP) is 0.979. The molecule has 0 heterocycles. The van der Waals surface area contributed by atoms with Gasteiger partial charge in [0, 0.05) is 11.1 Å². The SMILES string of the molecule is C=C(C)C(=O)OC(=O)C(C)=C(C=C(C)C(=O)O)OCCOCCOCCO. The summed E-state index contributed by atoms with van der Waals surface area (Å²) in [5.74, 6) is -3.09. The van der Waals surface area contributed by atoms with Crippen LogP contribution in [0.5, 0.6) is 0 Å². The van der Waals surface area contributed by atoms with Crippen LogP contribution in [0.1, 0.15) is 20.8 Å². The van der Waals surface area contributed by atoms with Crippen LogP contribution in [0.4, 0.5) is 0 Å². The number of hydrogen-bond acceptors (Lipinski definition) is 8. The highest BCUT2D eigenvalue weighted by Crippen LogP contribution is 2.13. The lowest BCUT2D eigenvalue weighted by Crippen LogP contribution is -2.16. The second-order valence-electron chi connectivity index (χ2n) is 5.38. The largest absolute Gasteiger partial charge is 0.491 e. The number of carboxylic acid groups (broad SMARTS) is 1. The number of carbonyl (C=O) groups excluding carboxylic acids is 2. The van der Waals surface area contributed by atoms with Gasteiger partial charge in [0.25, 0.3) is 0 Å². The van der Waals surface area contributed by atoms with Crippen LogP contribution >= 0.6 is 0 Å². The summed E-state index contributed by atoms with van der Waals surface area (Å²) in [6.07, 6.45) is 1.16. The Labute approximate surface area is 157 Å². The Morgan fingerprint density at radius 1 is 0.926 bits per heavy atom. The zero-order chi connectivity index (χ0) is 20.8. The van der Waals surface area contributed by atoms with Crippen molar-refractivity contribution in [3.8, 4) is 0 Å². The maximum Gasteiger partial charge on any atom is 0.345 e. The lowest BCUT2D eigenvalue weighted by Gasteiger charge is -2.12. The van der Waals surface area contributed by atoms with E-state index in [4.69, 9.17) is 24.4 Å². The van der Waals surface area contributed by atoms with Gasteiger partial charge in [-0.3, -0.25) is 0 Å². The first-order valence-corrected chi connectivity index (χ1v) is 8.14. The van der Waals surface area contributed by atoms with Crippen LogP contribution in [-0.2, 0) is 33.3 Å². The molecule has 0 aliphatic heterocycles. The van der Waals surface area contributed by atoms with E-state index in [9.17, 15) is 14.4 Å². The summed E-state index contributed by atoms with van der Waals surface area (Å²) in [6.45, 7) is 8.35. The highest BCUT2D eigenvalue weighted by Gasteiger charge is 2.18. The van der Waals surface area contributed by atoms with E-state index >= 15 is 0 Å². The van der Waals surface area contributed by atoms with Crippen molar-refractivity contribution in [3.05, 3.63) is 35.1 Å². The summed E-state index contributed by atoms with van der Waals surface area (Å²) < 4.78 is 20.3. The Morgan fingerprint density at radius 3 is 2.00 bits per heavy atom. The summed E-state index contributed by atoms with van der Waals surface area (Å²) in [6, 6.07) is 0. The van der Waals surface area contributed by atoms with Crippen LogP contribution in [0.2, 0.25) is 0 Å². The fraction of sp³-hybridized carbons (Fsp3) is 0.500. The maximum absolute atomic E-state index is 12.0. The fourth-order valence-corrected chi connectivity index (χ4v) is 1.46. The first-order valence-electron chi connectivity index (χ1n) is 8.14. The van der Waals surface area contributed by atoms with E-state index in [1.54, 1.807) is 0 Å². The topological polar surface area (TPSA) is 129 Å². The van der Waals surface area contributed by atoms with Crippen molar-refractivity contribution in [3.63, 3.8) is 0 Å². The highest BCUT2D eigenvalue weighted by molar-refractivity contribution is 6.01. The molecule has 0 aromatic heterocycles. The summed E-state index contributed by atoms with van der Waals surface area (Å²) in [4.78, 5) is 34.5. The van der Waals surface area contributed by atoms with E-state index in [0.29, 0.717) is 6.61 Å². The van der Waals surface area contributed by atoms with E-state index in [0.717, 1.165) is 6.08 Å². The van der Waals surface area contributed by atoms with Gasteiger partial charge in [0.15, 0.2) is 0 Å². The van der Waals surface area contributed by atoms with Gasteiger partial charge < -0.3 is 29.2 Å². The summed E-state index contributed by atoms with van der Waals surface area (Å²) in [7, 11) is 0. The first-order chi connectivity index (χ1) is 12.7. The zero-order valence-electron chi connectivity index (χ0n) is 15.8. The van der Waals surface area contributed by atoms with Gasteiger partial charge in [-0.2, -0.15) is 0 Å². The monoisotopic (exact) mass is 386 g/mol. The molecule has 0 amide bonds. The molecule has 0 fully saturated rings. The van der Waals surface area contributed by atoms with Crippen LogP contribution in [-0.4, -0.2) is 67.8 Å². The smallest absolute Gasteiger partial charge is 0.345 e. The maximum atomic E-state index is 12.0. The van der Waals surface area contributed by atoms with Gasteiger partial charge in [-0.1, -0.05) is 6.58 Å². The Balaban J connectivity index is 4.90. The molecule has 0 saturated heterocycles. The van der Waals surface area contributed by atoms with Gasteiger partial charge in [0.2, 0.25) is 0 Å². The Hall–Kier alpha value is -2.49. The Bertz CT molecular complexity index is 602. The highest BCUT2D eigenvalue weighted by atomic mass is 16.6. The fourth-order valence-electron chi connectivity index (χ4n) is 1.46. The van der Waals surface area contributed by atoms with Crippen molar-refractivity contribution in [1.29, 1.82) is 0 Å². The lowest BCUT2D eigenvalue weighted by atomic mass is 10.2. The lowest BCUT2D eigenvalue weighted by molar-refractivity contribution is -0.154. The quantitative estimate of drug-likeness (QED) is 0.119. The minimum atomic E-state index is -1.19. The van der Waals surface area contributed by atoms with Crippen molar-refractivity contribution in [2.24, 2.45) is 0 Å². The third kappa shape index (κ3) is 11.0. The summed E-state index contributed by atoms with van der Waals surface area (Å²) in [5, 5.41) is 17.6. The number of aliphatic carboxylic acids is 1. The van der Waals surface area contributed by atoms with Crippen molar-refractivity contribution < 1.29 is 43.5 Å². The molecule has 27 heavy (non-hydrogen) atoms. The average molecular weight is 386 g/mol. The number of rotatable bonds is 13. The molecule has 0 saturated carbocycles. The number of aliphatic hydroxyl groups excluding tert-OH is 1. The molecular weight excluding hydrogens is 360 g/mol. The molecular formula is C18H26O9. The van der Waals surface area contributed by atoms with E-state index < -0.39 is 17.9 Å². The molecule has 0 aromatic rings. The van der Waals surface area contributed by atoms with E-state index in [1.165, 1.54) is 20.8 Å². The normalized spacial score (nSPS) is 12.2. The molecule has 0 aromatic carbocycles. The number of esters is 2. The summed E-state index contributed by atoms with van der Waals surface area (Å²) in [5.41, 5.74) is -0.0918. The van der Waals surface area contributed by atoms with Gasteiger partial charge >= 0.3 is 17.9 Å². The molecule has 0 unspecified atom stereocenters. The van der Waals surface area contributed by atoms with Gasteiger partial charge in [-0.05, 0) is 26.8 Å². The molecule has 9 nitrogen and oxygen atoms in total. The second kappa shape index (κ2) is 13.7. The van der Waals surface area contributed by atoms with Crippen molar-refractivity contribution >= 4 is 17.9 Å².